The molecule has 1 aromatic heterocycles. The van der Waals surface area contributed by atoms with Crippen molar-refractivity contribution in [1.29, 1.82) is 0 Å². The number of nitro benzene ring substituents is 1. The predicted molar refractivity (Wildman–Crippen MR) is 105 cm³/mol. The van der Waals surface area contributed by atoms with E-state index in [1.807, 2.05) is 0 Å². The zero-order chi connectivity index (χ0) is 21.8. The summed E-state index contributed by atoms with van der Waals surface area (Å²) in [5.74, 6) is -3.45. The highest BCUT2D eigenvalue weighted by Gasteiger charge is 2.30. The molecule has 0 spiro atoms. The van der Waals surface area contributed by atoms with Gasteiger partial charge in [0.1, 0.15) is 11.3 Å². The zero-order valence-electron chi connectivity index (χ0n) is 15.9. The fourth-order valence-electron chi connectivity index (χ4n) is 3.15. The average molecular weight is 411 g/mol. The van der Waals surface area contributed by atoms with Crippen molar-refractivity contribution in [3.8, 4) is 5.75 Å². The molecule has 0 saturated carbocycles. The van der Waals surface area contributed by atoms with Gasteiger partial charge in [0.25, 0.3) is 5.69 Å². The molecule has 9 nitrogen and oxygen atoms in total. The molecule has 30 heavy (non-hydrogen) atoms. The molecule has 154 valence electrons. The lowest BCUT2D eigenvalue weighted by molar-refractivity contribution is -0.384. The number of hydrogen-bond acceptors (Lipinski definition) is 8. The summed E-state index contributed by atoms with van der Waals surface area (Å²) in [7, 11) is 0. The van der Waals surface area contributed by atoms with Gasteiger partial charge in [0.2, 0.25) is 5.78 Å². The molecule has 9 heteroatoms. The summed E-state index contributed by atoms with van der Waals surface area (Å²) >= 11 is 0. The number of benzene rings is 2. The molecular weight excluding hydrogens is 394 g/mol. The third-order valence-corrected chi connectivity index (χ3v) is 4.57. The molecule has 0 bridgehead atoms. The Morgan fingerprint density at radius 3 is 2.47 bits per heavy atom. The molecular formula is C21H17NO8. The second-order valence-corrected chi connectivity index (χ2v) is 6.40. The number of non-ortho nitro benzene ring substituents is 1. The number of para-hydroxylation sites is 1. The lowest BCUT2D eigenvalue weighted by Crippen LogP contribution is -2.23. The molecule has 2 aromatic carbocycles. The van der Waals surface area contributed by atoms with E-state index >= 15 is 0 Å². The first-order valence-electron chi connectivity index (χ1n) is 9.02. The molecule has 0 radical (unpaired) electrons. The molecule has 0 aliphatic carbocycles. The maximum atomic E-state index is 12.7. The summed E-state index contributed by atoms with van der Waals surface area (Å²) < 4.78 is 9.99. The summed E-state index contributed by atoms with van der Waals surface area (Å²) in [6.07, 6.45) is -0.493. The largest absolute Gasteiger partial charge is 0.507 e. The maximum Gasteiger partial charge on any atom is 0.374 e. The second-order valence-electron chi connectivity index (χ2n) is 6.40. The van der Waals surface area contributed by atoms with Gasteiger partial charge in [-0.1, -0.05) is 24.3 Å². The van der Waals surface area contributed by atoms with E-state index in [4.69, 9.17) is 9.15 Å². The number of aromatic hydroxyl groups is 1. The fourth-order valence-corrected chi connectivity index (χ4v) is 3.15. The van der Waals surface area contributed by atoms with Gasteiger partial charge in [0.05, 0.1) is 22.5 Å². The van der Waals surface area contributed by atoms with E-state index in [0.29, 0.717) is 5.56 Å². The Bertz CT molecular complexity index is 1180. The smallest absolute Gasteiger partial charge is 0.374 e. The van der Waals surface area contributed by atoms with Gasteiger partial charge in [-0.15, -0.1) is 0 Å². The van der Waals surface area contributed by atoms with Gasteiger partial charge in [0, 0.05) is 24.5 Å². The lowest BCUT2D eigenvalue weighted by Gasteiger charge is -2.17. The third-order valence-electron chi connectivity index (χ3n) is 4.57. The van der Waals surface area contributed by atoms with E-state index < -0.39 is 34.6 Å². The molecule has 0 amide bonds. The summed E-state index contributed by atoms with van der Waals surface area (Å²) in [5.41, 5.74) is -0.825. The van der Waals surface area contributed by atoms with Crippen LogP contribution >= 0.6 is 0 Å². The number of nitrogens with zero attached hydrogens (tertiary/aromatic N) is 1. The van der Waals surface area contributed by atoms with E-state index in [2.05, 4.69) is 0 Å². The highest BCUT2D eigenvalue weighted by atomic mass is 16.6. The molecule has 3 aromatic rings. The van der Waals surface area contributed by atoms with Crippen LogP contribution in [-0.2, 0) is 14.3 Å². The molecule has 1 N–H and O–H groups in total. The number of Topliss-reactive ketones (excluding diaryl/α,β-unsaturated/α-hetero) is 1. The predicted octanol–water partition coefficient (Wildman–Crippen LogP) is 3.06. The summed E-state index contributed by atoms with van der Waals surface area (Å²) in [5, 5.41) is 21.9. The SMILES string of the molecule is CCOC(=O)C(=O)C[C@H](c1ccc([N+](=O)[O-])cc1)c1c(O)c2ccccc2oc1=O. The first-order valence-corrected chi connectivity index (χ1v) is 9.02. The number of nitro groups is 1. The Kier molecular flexibility index (Phi) is 5.91. The number of fused-ring (bicyclic) bond motifs is 1. The highest BCUT2D eigenvalue weighted by Crippen LogP contribution is 2.36. The molecule has 0 fully saturated rings. The van der Waals surface area contributed by atoms with Crippen molar-refractivity contribution in [2.45, 2.75) is 19.3 Å². The third kappa shape index (κ3) is 4.04. The van der Waals surface area contributed by atoms with Crippen LogP contribution in [0, 0.1) is 10.1 Å². The standard InChI is InChI=1S/C21H17NO8/c1-2-29-20(25)16(23)11-15(12-7-9-13(10-8-12)22(27)28)18-19(24)14-5-3-4-6-17(14)30-21(18)26/h3-10,15,24H,2,11H2,1H3/t15-/m1/s1. The Balaban J connectivity index is 2.15. The minimum Gasteiger partial charge on any atom is -0.507 e. The van der Waals surface area contributed by atoms with Crippen LogP contribution in [0.2, 0.25) is 0 Å². The second kappa shape index (κ2) is 8.56. The lowest BCUT2D eigenvalue weighted by atomic mass is 9.86. The van der Waals surface area contributed by atoms with Crippen LogP contribution in [0.1, 0.15) is 30.4 Å². The first-order chi connectivity index (χ1) is 14.3. The summed E-state index contributed by atoms with van der Waals surface area (Å²) in [6, 6.07) is 11.4. The Morgan fingerprint density at radius 2 is 1.83 bits per heavy atom. The van der Waals surface area contributed by atoms with Gasteiger partial charge in [0.15, 0.2) is 0 Å². The van der Waals surface area contributed by atoms with Crippen LogP contribution in [0.3, 0.4) is 0 Å². The van der Waals surface area contributed by atoms with Crippen LogP contribution in [0.4, 0.5) is 5.69 Å². The Labute approximate surface area is 169 Å². The quantitative estimate of drug-likeness (QED) is 0.206. The van der Waals surface area contributed by atoms with E-state index in [0.717, 1.165) is 0 Å². The molecule has 0 unspecified atom stereocenters. The zero-order valence-corrected chi connectivity index (χ0v) is 15.9. The van der Waals surface area contributed by atoms with Gasteiger partial charge in [-0.3, -0.25) is 14.9 Å². The molecule has 3 rings (SSSR count). The van der Waals surface area contributed by atoms with E-state index in [1.165, 1.54) is 36.4 Å². The number of hydrogen-bond donors (Lipinski definition) is 1. The van der Waals surface area contributed by atoms with E-state index in [-0.39, 0.29) is 34.6 Å². The van der Waals surface area contributed by atoms with Crippen LogP contribution < -0.4 is 5.63 Å². The van der Waals surface area contributed by atoms with Crippen molar-refractivity contribution in [3.05, 3.63) is 80.2 Å². The number of carbonyl (C=O) groups excluding carboxylic acids is 2. The van der Waals surface area contributed by atoms with E-state index in [1.54, 1.807) is 19.1 Å². The van der Waals surface area contributed by atoms with Crippen molar-refractivity contribution in [1.82, 2.24) is 0 Å². The van der Waals surface area contributed by atoms with Crippen molar-refractivity contribution < 1.29 is 28.8 Å². The van der Waals surface area contributed by atoms with Crippen molar-refractivity contribution in [2.75, 3.05) is 6.61 Å². The van der Waals surface area contributed by atoms with Crippen molar-refractivity contribution in [2.24, 2.45) is 0 Å². The highest BCUT2D eigenvalue weighted by molar-refractivity contribution is 6.33. The van der Waals surface area contributed by atoms with Gasteiger partial charge in [-0.25, -0.2) is 9.59 Å². The van der Waals surface area contributed by atoms with Crippen LogP contribution in [0.15, 0.2) is 57.7 Å². The maximum absolute atomic E-state index is 12.7. The molecule has 1 heterocycles. The Hall–Kier alpha value is -4.01. The Morgan fingerprint density at radius 1 is 1.17 bits per heavy atom. The minimum atomic E-state index is -1.08. The average Bonchev–Trinajstić information content (AvgIpc) is 2.73. The van der Waals surface area contributed by atoms with Crippen LogP contribution in [0.25, 0.3) is 11.0 Å². The minimum absolute atomic E-state index is 0.00383. The number of ketones is 1. The van der Waals surface area contributed by atoms with Crippen molar-refractivity contribution >= 4 is 28.4 Å². The summed E-state index contributed by atoms with van der Waals surface area (Å²) in [6.45, 7) is 1.54. The monoisotopic (exact) mass is 411 g/mol. The number of carbonyl (C=O) groups is 2. The van der Waals surface area contributed by atoms with Crippen LogP contribution in [-0.4, -0.2) is 28.4 Å². The van der Waals surface area contributed by atoms with Gasteiger partial charge in [-0.2, -0.15) is 0 Å². The molecule has 0 aliphatic heterocycles. The normalized spacial score (nSPS) is 11.8. The fraction of sp³-hybridized carbons (Fsp3) is 0.190. The van der Waals surface area contributed by atoms with Gasteiger partial charge in [-0.05, 0) is 24.6 Å². The number of rotatable bonds is 7. The summed E-state index contributed by atoms with van der Waals surface area (Å²) in [4.78, 5) is 47.2. The van der Waals surface area contributed by atoms with Gasteiger partial charge < -0.3 is 14.3 Å². The molecule has 0 saturated heterocycles. The number of esters is 1. The first kappa shape index (κ1) is 20.7. The van der Waals surface area contributed by atoms with Crippen molar-refractivity contribution in [3.63, 3.8) is 0 Å². The molecule has 0 aliphatic rings. The number of ether oxygens (including phenoxy) is 1. The van der Waals surface area contributed by atoms with Crippen LogP contribution in [0.5, 0.6) is 5.75 Å². The molecule has 1 atom stereocenters. The topological polar surface area (TPSA) is 137 Å². The van der Waals surface area contributed by atoms with Gasteiger partial charge >= 0.3 is 11.6 Å². The van der Waals surface area contributed by atoms with E-state index in [9.17, 15) is 29.6 Å².